The van der Waals surface area contributed by atoms with Crippen molar-refractivity contribution in [3.8, 4) is 6.07 Å². The monoisotopic (exact) mass is 251 g/mol. The molecule has 1 N–H and O–H groups in total. The Morgan fingerprint density at radius 2 is 2.11 bits per heavy atom. The molecule has 1 aliphatic rings. The van der Waals surface area contributed by atoms with Crippen LogP contribution in [0.15, 0.2) is 0 Å². The summed E-state index contributed by atoms with van der Waals surface area (Å²) in [7, 11) is 0. The van der Waals surface area contributed by atoms with E-state index in [1.165, 1.54) is 19.5 Å². The molecule has 3 nitrogen and oxygen atoms in total. The van der Waals surface area contributed by atoms with Crippen molar-refractivity contribution in [3.05, 3.63) is 0 Å². The van der Waals surface area contributed by atoms with Gasteiger partial charge in [-0.3, -0.25) is 5.32 Å². The number of nitriles is 1. The first-order valence-electron chi connectivity index (χ1n) is 7.39. The van der Waals surface area contributed by atoms with Gasteiger partial charge in [0.15, 0.2) is 0 Å². The molecule has 0 amide bonds. The van der Waals surface area contributed by atoms with Gasteiger partial charge in [0.2, 0.25) is 0 Å². The number of hydrogen-bond donors (Lipinski definition) is 1. The van der Waals surface area contributed by atoms with Crippen molar-refractivity contribution in [1.29, 1.82) is 5.26 Å². The number of nitrogens with zero attached hydrogens (tertiary/aromatic N) is 2. The van der Waals surface area contributed by atoms with E-state index in [1.54, 1.807) is 0 Å². The lowest BCUT2D eigenvalue weighted by Gasteiger charge is -2.35. The highest BCUT2D eigenvalue weighted by molar-refractivity contribution is 5.03. The van der Waals surface area contributed by atoms with Crippen LogP contribution in [0.1, 0.15) is 47.0 Å². The van der Waals surface area contributed by atoms with Crippen LogP contribution < -0.4 is 5.32 Å². The number of rotatable bonds is 6. The van der Waals surface area contributed by atoms with Gasteiger partial charge >= 0.3 is 0 Å². The van der Waals surface area contributed by atoms with E-state index < -0.39 is 0 Å². The third kappa shape index (κ3) is 4.59. The SMILES string of the molecule is CCNC(C)(C#N)CCCN1CCC(C)C(C)C1. The predicted molar refractivity (Wildman–Crippen MR) is 76.3 cm³/mol. The Labute approximate surface area is 113 Å². The molecule has 0 aromatic rings. The molecule has 0 aromatic carbocycles. The summed E-state index contributed by atoms with van der Waals surface area (Å²) in [5.41, 5.74) is -0.344. The van der Waals surface area contributed by atoms with E-state index in [2.05, 4.69) is 37.1 Å². The molecule has 0 aromatic heterocycles. The number of piperidine rings is 1. The van der Waals surface area contributed by atoms with Gasteiger partial charge in [0.1, 0.15) is 5.54 Å². The number of nitrogens with one attached hydrogen (secondary N) is 1. The minimum Gasteiger partial charge on any atom is -0.303 e. The van der Waals surface area contributed by atoms with E-state index in [9.17, 15) is 5.26 Å². The largest absolute Gasteiger partial charge is 0.303 e. The van der Waals surface area contributed by atoms with Crippen LogP contribution in [0.2, 0.25) is 0 Å². The summed E-state index contributed by atoms with van der Waals surface area (Å²) < 4.78 is 0. The standard InChI is InChI=1S/C15H29N3/c1-5-17-15(4,12-16)8-6-9-18-10-7-13(2)14(3)11-18/h13-14,17H,5-11H2,1-4H3. The maximum Gasteiger partial charge on any atom is 0.103 e. The fraction of sp³-hybridized carbons (Fsp3) is 0.933. The van der Waals surface area contributed by atoms with Gasteiger partial charge in [0, 0.05) is 6.54 Å². The average molecular weight is 251 g/mol. The summed E-state index contributed by atoms with van der Waals surface area (Å²) in [6.45, 7) is 13.2. The van der Waals surface area contributed by atoms with Crippen molar-refractivity contribution < 1.29 is 0 Å². The fourth-order valence-corrected chi connectivity index (χ4v) is 2.78. The quantitative estimate of drug-likeness (QED) is 0.789. The Morgan fingerprint density at radius 3 is 2.67 bits per heavy atom. The van der Waals surface area contributed by atoms with Crippen molar-refractivity contribution in [3.63, 3.8) is 0 Å². The van der Waals surface area contributed by atoms with E-state index in [0.717, 1.165) is 37.8 Å². The van der Waals surface area contributed by atoms with Crippen molar-refractivity contribution >= 4 is 0 Å². The maximum absolute atomic E-state index is 9.20. The molecule has 3 atom stereocenters. The van der Waals surface area contributed by atoms with E-state index >= 15 is 0 Å². The summed E-state index contributed by atoms with van der Waals surface area (Å²) in [6, 6.07) is 2.40. The topological polar surface area (TPSA) is 39.1 Å². The zero-order valence-corrected chi connectivity index (χ0v) is 12.5. The molecule has 18 heavy (non-hydrogen) atoms. The molecule has 1 heterocycles. The molecule has 0 saturated carbocycles. The summed E-state index contributed by atoms with van der Waals surface area (Å²) in [5.74, 6) is 1.68. The fourth-order valence-electron chi connectivity index (χ4n) is 2.78. The molecule has 104 valence electrons. The summed E-state index contributed by atoms with van der Waals surface area (Å²) in [4.78, 5) is 2.56. The third-order valence-electron chi connectivity index (χ3n) is 4.38. The molecule has 0 aliphatic carbocycles. The van der Waals surface area contributed by atoms with Crippen LogP contribution in [-0.2, 0) is 0 Å². The van der Waals surface area contributed by atoms with Gasteiger partial charge in [-0.15, -0.1) is 0 Å². The van der Waals surface area contributed by atoms with E-state index in [0.29, 0.717) is 0 Å². The molecule has 1 aliphatic heterocycles. The summed E-state index contributed by atoms with van der Waals surface area (Å²) >= 11 is 0. The van der Waals surface area contributed by atoms with Gasteiger partial charge in [-0.25, -0.2) is 0 Å². The zero-order valence-electron chi connectivity index (χ0n) is 12.5. The maximum atomic E-state index is 9.20. The van der Waals surface area contributed by atoms with Crippen LogP contribution in [0.5, 0.6) is 0 Å². The van der Waals surface area contributed by atoms with Gasteiger partial charge in [0.05, 0.1) is 6.07 Å². The molecule has 0 bridgehead atoms. The Bertz CT molecular complexity index is 284. The van der Waals surface area contributed by atoms with E-state index in [1.807, 2.05) is 6.92 Å². The lowest BCUT2D eigenvalue weighted by Crippen LogP contribution is -2.42. The molecule has 0 spiro atoms. The van der Waals surface area contributed by atoms with Crippen molar-refractivity contribution in [1.82, 2.24) is 10.2 Å². The second-order valence-electron chi connectivity index (χ2n) is 6.12. The molecular formula is C15H29N3. The smallest absolute Gasteiger partial charge is 0.103 e. The Kier molecular flexibility index (Phi) is 6.11. The van der Waals surface area contributed by atoms with Crippen LogP contribution in [0, 0.1) is 23.2 Å². The first-order chi connectivity index (χ1) is 8.50. The number of likely N-dealkylation sites (tertiary alicyclic amines) is 1. The van der Waals surface area contributed by atoms with Crippen LogP contribution in [0.3, 0.4) is 0 Å². The Morgan fingerprint density at radius 1 is 1.39 bits per heavy atom. The van der Waals surface area contributed by atoms with E-state index in [-0.39, 0.29) is 5.54 Å². The summed E-state index contributed by atoms with van der Waals surface area (Å²) in [6.07, 6.45) is 3.37. The van der Waals surface area contributed by atoms with Crippen LogP contribution in [0.25, 0.3) is 0 Å². The Hall–Kier alpha value is -0.590. The van der Waals surface area contributed by atoms with Gasteiger partial charge in [-0.2, -0.15) is 5.26 Å². The highest BCUT2D eigenvalue weighted by Gasteiger charge is 2.24. The predicted octanol–water partition coefficient (Wildman–Crippen LogP) is 2.64. The summed E-state index contributed by atoms with van der Waals surface area (Å²) in [5, 5.41) is 12.5. The molecule has 3 heteroatoms. The minimum absolute atomic E-state index is 0.344. The molecule has 0 radical (unpaired) electrons. The lowest BCUT2D eigenvalue weighted by molar-refractivity contribution is 0.134. The molecular weight excluding hydrogens is 222 g/mol. The van der Waals surface area contributed by atoms with Gasteiger partial charge in [0.25, 0.3) is 0 Å². The van der Waals surface area contributed by atoms with Crippen molar-refractivity contribution in [2.75, 3.05) is 26.2 Å². The molecule has 1 saturated heterocycles. The van der Waals surface area contributed by atoms with Gasteiger partial charge < -0.3 is 4.90 Å². The third-order valence-corrected chi connectivity index (χ3v) is 4.38. The van der Waals surface area contributed by atoms with Gasteiger partial charge in [-0.05, 0) is 57.7 Å². The first-order valence-corrected chi connectivity index (χ1v) is 7.39. The zero-order chi connectivity index (χ0) is 13.6. The van der Waals surface area contributed by atoms with Crippen LogP contribution in [0.4, 0.5) is 0 Å². The van der Waals surface area contributed by atoms with E-state index in [4.69, 9.17) is 0 Å². The molecule has 1 rings (SSSR count). The lowest BCUT2D eigenvalue weighted by atomic mass is 9.88. The first kappa shape index (κ1) is 15.5. The highest BCUT2D eigenvalue weighted by atomic mass is 15.1. The second kappa shape index (κ2) is 7.11. The van der Waals surface area contributed by atoms with Crippen molar-refractivity contribution in [2.24, 2.45) is 11.8 Å². The molecule has 1 fully saturated rings. The highest BCUT2D eigenvalue weighted by Crippen LogP contribution is 2.23. The van der Waals surface area contributed by atoms with Crippen molar-refractivity contribution in [2.45, 2.75) is 52.5 Å². The average Bonchev–Trinajstić information content (AvgIpc) is 2.34. The van der Waals surface area contributed by atoms with Crippen LogP contribution in [-0.4, -0.2) is 36.6 Å². The molecule has 3 unspecified atom stereocenters. The number of hydrogen-bond acceptors (Lipinski definition) is 3. The minimum atomic E-state index is -0.344. The Balaban J connectivity index is 2.27. The van der Waals surface area contributed by atoms with Gasteiger partial charge in [-0.1, -0.05) is 20.8 Å². The van der Waals surface area contributed by atoms with Crippen LogP contribution >= 0.6 is 0 Å². The normalized spacial score (nSPS) is 28.6. The second-order valence-corrected chi connectivity index (χ2v) is 6.12.